The Bertz CT molecular complexity index is 632. The third kappa shape index (κ3) is 3.53. The molecule has 0 spiro atoms. The highest BCUT2D eigenvalue weighted by atomic mass is 35.5. The van der Waals surface area contributed by atoms with E-state index in [0.717, 1.165) is 11.1 Å². The first kappa shape index (κ1) is 14.4. The van der Waals surface area contributed by atoms with E-state index in [1.165, 1.54) is 6.07 Å². The summed E-state index contributed by atoms with van der Waals surface area (Å²) in [6, 6.07) is 6.63. The quantitative estimate of drug-likeness (QED) is 0.678. The summed E-state index contributed by atoms with van der Waals surface area (Å²) in [4.78, 5) is 14.6. The molecule has 0 saturated carbocycles. The molecule has 1 heterocycles. The van der Waals surface area contributed by atoms with Crippen LogP contribution in [0.4, 0.5) is 5.69 Å². The molecule has 2 aromatic rings. The van der Waals surface area contributed by atoms with Crippen molar-refractivity contribution in [2.24, 2.45) is 0 Å². The SMILES string of the molecule is Cc1cnccc1CNCc1ccc(Cl)cc1[N+](=O)[O-]. The van der Waals surface area contributed by atoms with Crippen molar-refractivity contribution in [2.45, 2.75) is 20.0 Å². The van der Waals surface area contributed by atoms with E-state index < -0.39 is 4.92 Å². The largest absolute Gasteiger partial charge is 0.308 e. The smallest absolute Gasteiger partial charge is 0.275 e. The first-order chi connectivity index (χ1) is 9.58. The number of nitrogens with zero attached hydrogens (tertiary/aromatic N) is 2. The Morgan fingerprint density at radius 3 is 2.75 bits per heavy atom. The molecule has 1 aromatic heterocycles. The van der Waals surface area contributed by atoms with Crippen LogP contribution in [0.1, 0.15) is 16.7 Å². The third-order valence-electron chi connectivity index (χ3n) is 3.01. The first-order valence-electron chi connectivity index (χ1n) is 6.11. The van der Waals surface area contributed by atoms with Crippen LogP contribution in [0.3, 0.4) is 0 Å². The number of nitro benzene ring substituents is 1. The predicted octanol–water partition coefficient (Wildman–Crippen LogP) is 3.24. The number of hydrogen-bond acceptors (Lipinski definition) is 4. The zero-order valence-corrected chi connectivity index (χ0v) is 11.7. The van der Waals surface area contributed by atoms with E-state index in [-0.39, 0.29) is 5.69 Å². The minimum absolute atomic E-state index is 0.0384. The van der Waals surface area contributed by atoms with E-state index in [1.807, 2.05) is 13.0 Å². The van der Waals surface area contributed by atoms with Gasteiger partial charge in [0.15, 0.2) is 0 Å². The van der Waals surface area contributed by atoms with Crippen LogP contribution in [0.15, 0.2) is 36.7 Å². The van der Waals surface area contributed by atoms with E-state index in [2.05, 4.69) is 10.3 Å². The highest BCUT2D eigenvalue weighted by molar-refractivity contribution is 6.30. The van der Waals surface area contributed by atoms with Crippen molar-refractivity contribution in [1.82, 2.24) is 10.3 Å². The van der Waals surface area contributed by atoms with Gasteiger partial charge in [0.25, 0.3) is 5.69 Å². The van der Waals surface area contributed by atoms with E-state index >= 15 is 0 Å². The zero-order valence-electron chi connectivity index (χ0n) is 11.0. The lowest BCUT2D eigenvalue weighted by atomic mass is 10.1. The molecule has 0 unspecified atom stereocenters. The highest BCUT2D eigenvalue weighted by Crippen LogP contribution is 2.23. The van der Waals surface area contributed by atoms with Crippen molar-refractivity contribution < 1.29 is 4.92 Å². The number of hydrogen-bond donors (Lipinski definition) is 1. The van der Waals surface area contributed by atoms with Gasteiger partial charge in [-0.3, -0.25) is 15.1 Å². The number of nitrogens with one attached hydrogen (secondary N) is 1. The number of benzene rings is 1. The van der Waals surface area contributed by atoms with Crippen LogP contribution < -0.4 is 5.32 Å². The molecular formula is C14H14ClN3O2. The Balaban J connectivity index is 2.05. The van der Waals surface area contributed by atoms with Crippen molar-refractivity contribution in [3.05, 3.63) is 68.5 Å². The first-order valence-corrected chi connectivity index (χ1v) is 6.49. The van der Waals surface area contributed by atoms with Gasteiger partial charge in [-0.05, 0) is 36.2 Å². The van der Waals surface area contributed by atoms with E-state index in [9.17, 15) is 10.1 Å². The summed E-state index contributed by atoms with van der Waals surface area (Å²) in [5, 5.41) is 14.5. The predicted molar refractivity (Wildman–Crippen MR) is 77.6 cm³/mol. The van der Waals surface area contributed by atoms with Crippen LogP contribution >= 0.6 is 11.6 Å². The van der Waals surface area contributed by atoms with Crippen molar-refractivity contribution in [1.29, 1.82) is 0 Å². The lowest BCUT2D eigenvalue weighted by molar-refractivity contribution is -0.385. The lowest BCUT2D eigenvalue weighted by Gasteiger charge is -2.08. The lowest BCUT2D eigenvalue weighted by Crippen LogP contribution is -2.14. The van der Waals surface area contributed by atoms with Gasteiger partial charge in [-0.15, -0.1) is 0 Å². The fourth-order valence-corrected chi connectivity index (χ4v) is 2.06. The van der Waals surface area contributed by atoms with Crippen molar-refractivity contribution in [2.75, 3.05) is 0 Å². The Labute approximate surface area is 121 Å². The minimum atomic E-state index is -0.416. The van der Waals surface area contributed by atoms with Crippen LogP contribution in [0.2, 0.25) is 5.02 Å². The molecule has 20 heavy (non-hydrogen) atoms. The molecule has 0 saturated heterocycles. The van der Waals surface area contributed by atoms with Crippen LogP contribution in [0, 0.1) is 17.0 Å². The van der Waals surface area contributed by atoms with Crippen LogP contribution in [0.5, 0.6) is 0 Å². The topological polar surface area (TPSA) is 68.1 Å². The average molecular weight is 292 g/mol. The summed E-state index contributed by atoms with van der Waals surface area (Å²) in [5.41, 5.74) is 2.87. The molecule has 0 aliphatic rings. The van der Waals surface area contributed by atoms with Gasteiger partial charge in [-0.1, -0.05) is 11.6 Å². The van der Waals surface area contributed by atoms with Gasteiger partial charge >= 0.3 is 0 Å². The number of aryl methyl sites for hydroxylation is 1. The highest BCUT2D eigenvalue weighted by Gasteiger charge is 2.13. The average Bonchev–Trinajstić information content (AvgIpc) is 2.42. The molecule has 2 rings (SSSR count). The molecule has 0 radical (unpaired) electrons. The van der Waals surface area contributed by atoms with Crippen molar-refractivity contribution in [3.8, 4) is 0 Å². The molecule has 0 amide bonds. The molecule has 0 aliphatic heterocycles. The molecule has 6 heteroatoms. The summed E-state index contributed by atoms with van der Waals surface area (Å²) in [5.74, 6) is 0. The number of halogens is 1. The monoisotopic (exact) mass is 291 g/mol. The second-order valence-corrected chi connectivity index (χ2v) is 4.87. The second-order valence-electron chi connectivity index (χ2n) is 4.44. The fourth-order valence-electron chi connectivity index (χ4n) is 1.89. The number of pyridine rings is 1. The van der Waals surface area contributed by atoms with Gasteiger partial charge in [0, 0.05) is 42.1 Å². The summed E-state index contributed by atoms with van der Waals surface area (Å²) >= 11 is 5.78. The maximum Gasteiger partial charge on any atom is 0.275 e. The fraction of sp³-hybridized carbons (Fsp3) is 0.214. The minimum Gasteiger partial charge on any atom is -0.308 e. The number of rotatable bonds is 5. The third-order valence-corrected chi connectivity index (χ3v) is 3.25. The Hall–Kier alpha value is -1.98. The molecule has 1 N–H and O–H groups in total. The second kappa shape index (κ2) is 6.45. The van der Waals surface area contributed by atoms with E-state index in [1.54, 1.807) is 24.5 Å². The van der Waals surface area contributed by atoms with Gasteiger partial charge in [0.05, 0.1) is 4.92 Å². The summed E-state index contributed by atoms with van der Waals surface area (Å²) in [7, 11) is 0. The standard InChI is InChI=1S/C14H14ClN3O2/c1-10-7-16-5-4-11(10)8-17-9-12-2-3-13(15)6-14(12)18(19)20/h2-7,17H,8-9H2,1H3. The number of nitro groups is 1. The van der Waals surface area contributed by atoms with Gasteiger partial charge in [0.2, 0.25) is 0 Å². The van der Waals surface area contributed by atoms with Gasteiger partial charge in [-0.2, -0.15) is 0 Å². The molecule has 0 atom stereocenters. The van der Waals surface area contributed by atoms with Gasteiger partial charge < -0.3 is 5.32 Å². The maximum atomic E-state index is 11.0. The molecule has 0 aliphatic carbocycles. The molecular weight excluding hydrogens is 278 g/mol. The number of aromatic nitrogens is 1. The van der Waals surface area contributed by atoms with Crippen molar-refractivity contribution in [3.63, 3.8) is 0 Å². The normalized spacial score (nSPS) is 10.5. The van der Waals surface area contributed by atoms with Crippen LogP contribution in [-0.2, 0) is 13.1 Å². The molecule has 1 aromatic carbocycles. The Morgan fingerprint density at radius 1 is 1.30 bits per heavy atom. The van der Waals surface area contributed by atoms with Crippen LogP contribution in [0.25, 0.3) is 0 Å². The van der Waals surface area contributed by atoms with Crippen molar-refractivity contribution >= 4 is 17.3 Å². The summed E-state index contributed by atoms with van der Waals surface area (Å²) in [6.07, 6.45) is 3.52. The van der Waals surface area contributed by atoms with E-state index in [4.69, 9.17) is 11.6 Å². The summed E-state index contributed by atoms with van der Waals surface area (Å²) < 4.78 is 0. The Kier molecular flexibility index (Phi) is 4.65. The summed E-state index contributed by atoms with van der Waals surface area (Å²) in [6.45, 7) is 3.03. The molecule has 104 valence electrons. The van der Waals surface area contributed by atoms with Gasteiger partial charge in [0.1, 0.15) is 0 Å². The zero-order chi connectivity index (χ0) is 14.5. The van der Waals surface area contributed by atoms with Crippen LogP contribution in [-0.4, -0.2) is 9.91 Å². The Morgan fingerprint density at radius 2 is 2.05 bits per heavy atom. The molecule has 0 fully saturated rings. The molecule has 5 nitrogen and oxygen atoms in total. The van der Waals surface area contributed by atoms with Gasteiger partial charge in [-0.25, -0.2) is 0 Å². The molecule has 0 bridgehead atoms. The van der Waals surface area contributed by atoms with E-state index in [0.29, 0.717) is 23.7 Å². The maximum absolute atomic E-state index is 11.0.